The third-order valence-corrected chi connectivity index (χ3v) is 3.75. The molecule has 0 aliphatic heterocycles. The molecule has 1 heterocycles. The molecule has 1 aromatic carbocycles. The summed E-state index contributed by atoms with van der Waals surface area (Å²) in [5.74, 6) is 0.350. The predicted molar refractivity (Wildman–Crippen MR) is 73.0 cm³/mol. The molecule has 100 valence electrons. The standard InChI is InChI=1S/C15H18FN3/c1-10(17-2)12-4-3-5-13(16)15(12)19-9-8-14(18-19)11-6-7-11/h3-5,8-11,17H,6-7H2,1-2H3. The van der Waals surface area contributed by atoms with E-state index in [1.165, 1.54) is 18.9 Å². The highest BCUT2D eigenvalue weighted by Gasteiger charge is 2.26. The number of aromatic nitrogens is 2. The molecule has 1 saturated carbocycles. The van der Waals surface area contributed by atoms with Crippen LogP contribution in [0.5, 0.6) is 0 Å². The van der Waals surface area contributed by atoms with Gasteiger partial charge in [-0.2, -0.15) is 5.10 Å². The summed E-state index contributed by atoms with van der Waals surface area (Å²) in [7, 11) is 1.87. The van der Waals surface area contributed by atoms with Crippen LogP contribution in [0.25, 0.3) is 5.69 Å². The van der Waals surface area contributed by atoms with Crippen LogP contribution in [0.2, 0.25) is 0 Å². The van der Waals surface area contributed by atoms with Gasteiger partial charge in [0.2, 0.25) is 0 Å². The Morgan fingerprint density at radius 1 is 1.37 bits per heavy atom. The molecule has 2 aromatic rings. The molecule has 1 aromatic heterocycles. The Bertz CT molecular complexity index is 587. The smallest absolute Gasteiger partial charge is 0.149 e. The molecule has 1 unspecified atom stereocenters. The van der Waals surface area contributed by atoms with Gasteiger partial charge in [0, 0.05) is 18.2 Å². The van der Waals surface area contributed by atoms with E-state index in [9.17, 15) is 4.39 Å². The Labute approximate surface area is 112 Å². The van der Waals surface area contributed by atoms with Crippen LogP contribution in [0.1, 0.15) is 43.0 Å². The minimum absolute atomic E-state index is 0.0827. The average molecular weight is 259 g/mol. The number of para-hydroxylation sites is 1. The molecule has 0 bridgehead atoms. The largest absolute Gasteiger partial charge is 0.313 e. The van der Waals surface area contributed by atoms with Crippen molar-refractivity contribution in [2.45, 2.75) is 31.7 Å². The summed E-state index contributed by atoms with van der Waals surface area (Å²) >= 11 is 0. The molecule has 0 spiro atoms. The third kappa shape index (κ3) is 2.28. The van der Waals surface area contributed by atoms with E-state index in [1.807, 2.05) is 32.3 Å². The van der Waals surface area contributed by atoms with Crippen molar-refractivity contribution in [3.63, 3.8) is 0 Å². The maximum absolute atomic E-state index is 14.2. The van der Waals surface area contributed by atoms with Crippen LogP contribution in [0, 0.1) is 5.82 Å². The van der Waals surface area contributed by atoms with E-state index >= 15 is 0 Å². The molecule has 19 heavy (non-hydrogen) atoms. The number of nitrogens with one attached hydrogen (secondary N) is 1. The summed E-state index contributed by atoms with van der Waals surface area (Å²) in [5, 5.41) is 7.68. The Balaban J connectivity index is 2.06. The molecule has 1 fully saturated rings. The first-order valence-corrected chi connectivity index (χ1v) is 6.72. The number of hydrogen-bond donors (Lipinski definition) is 1. The summed E-state index contributed by atoms with van der Waals surface area (Å²) < 4.78 is 15.8. The normalized spacial score (nSPS) is 16.6. The van der Waals surface area contributed by atoms with Gasteiger partial charge in [0.05, 0.1) is 5.69 Å². The van der Waals surface area contributed by atoms with Gasteiger partial charge in [0.1, 0.15) is 11.5 Å². The fourth-order valence-electron chi connectivity index (χ4n) is 2.34. The highest BCUT2D eigenvalue weighted by molar-refractivity contribution is 5.44. The fourth-order valence-corrected chi connectivity index (χ4v) is 2.34. The van der Waals surface area contributed by atoms with E-state index in [1.54, 1.807) is 10.7 Å². The van der Waals surface area contributed by atoms with Crippen LogP contribution in [0.4, 0.5) is 4.39 Å². The van der Waals surface area contributed by atoms with Crippen LogP contribution in [0.15, 0.2) is 30.5 Å². The van der Waals surface area contributed by atoms with Crippen molar-refractivity contribution in [1.82, 2.24) is 15.1 Å². The summed E-state index contributed by atoms with van der Waals surface area (Å²) in [6, 6.07) is 7.25. The zero-order chi connectivity index (χ0) is 13.4. The van der Waals surface area contributed by atoms with Crippen molar-refractivity contribution < 1.29 is 4.39 Å². The van der Waals surface area contributed by atoms with Crippen molar-refractivity contribution in [3.05, 3.63) is 47.5 Å². The summed E-state index contributed by atoms with van der Waals surface area (Å²) in [4.78, 5) is 0. The van der Waals surface area contributed by atoms with E-state index in [2.05, 4.69) is 10.4 Å². The maximum atomic E-state index is 14.2. The molecule has 4 heteroatoms. The van der Waals surface area contributed by atoms with Gasteiger partial charge in [-0.05, 0) is 44.5 Å². The molecule has 1 atom stereocenters. The van der Waals surface area contributed by atoms with Gasteiger partial charge in [-0.25, -0.2) is 9.07 Å². The molecule has 3 rings (SSSR count). The first-order valence-electron chi connectivity index (χ1n) is 6.72. The number of halogens is 1. The summed E-state index contributed by atoms with van der Waals surface area (Å²) in [5.41, 5.74) is 2.55. The molecule has 1 N–H and O–H groups in total. The molecular formula is C15H18FN3. The predicted octanol–water partition coefficient (Wildman–Crippen LogP) is 3.17. The quantitative estimate of drug-likeness (QED) is 0.914. The number of rotatable bonds is 4. The Kier molecular flexibility index (Phi) is 3.11. The molecular weight excluding hydrogens is 241 g/mol. The van der Waals surface area contributed by atoms with Crippen molar-refractivity contribution in [1.29, 1.82) is 0 Å². The fraction of sp³-hybridized carbons (Fsp3) is 0.400. The maximum Gasteiger partial charge on any atom is 0.149 e. The topological polar surface area (TPSA) is 29.9 Å². The van der Waals surface area contributed by atoms with Gasteiger partial charge in [0.25, 0.3) is 0 Å². The van der Waals surface area contributed by atoms with Crippen molar-refractivity contribution >= 4 is 0 Å². The highest BCUT2D eigenvalue weighted by atomic mass is 19.1. The number of hydrogen-bond acceptors (Lipinski definition) is 2. The first kappa shape index (κ1) is 12.4. The van der Waals surface area contributed by atoms with Crippen LogP contribution in [0.3, 0.4) is 0 Å². The minimum atomic E-state index is -0.231. The molecule has 3 nitrogen and oxygen atoms in total. The van der Waals surface area contributed by atoms with Crippen LogP contribution < -0.4 is 5.32 Å². The van der Waals surface area contributed by atoms with Gasteiger partial charge >= 0.3 is 0 Å². The minimum Gasteiger partial charge on any atom is -0.313 e. The lowest BCUT2D eigenvalue weighted by Crippen LogP contribution is -2.16. The lowest BCUT2D eigenvalue weighted by Gasteiger charge is -2.16. The van der Waals surface area contributed by atoms with E-state index in [-0.39, 0.29) is 11.9 Å². The Morgan fingerprint density at radius 3 is 2.84 bits per heavy atom. The highest BCUT2D eigenvalue weighted by Crippen LogP contribution is 2.39. The average Bonchev–Trinajstić information content (AvgIpc) is 3.16. The Hall–Kier alpha value is -1.68. The van der Waals surface area contributed by atoms with E-state index in [4.69, 9.17) is 0 Å². The zero-order valence-corrected chi connectivity index (χ0v) is 11.2. The lowest BCUT2D eigenvalue weighted by molar-refractivity contribution is 0.587. The third-order valence-electron chi connectivity index (χ3n) is 3.75. The molecule has 1 aliphatic rings. The second kappa shape index (κ2) is 4.78. The SMILES string of the molecule is CNC(C)c1cccc(F)c1-n1ccc(C2CC2)n1. The number of benzene rings is 1. The van der Waals surface area contributed by atoms with E-state index < -0.39 is 0 Å². The second-order valence-electron chi connectivity index (χ2n) is 5.15. The van der Waals surface area contributed by atoms with Crippen molar-refractivity contribution in [3.8, 4) is 5.69 Å². The van der Waals surface area contributed by atoms with Crippen LogP contribution in [-0.2, 0) is 0 Å². The van der Waals surface area contributed by atoms with Crippen LogP contribution >= 0.6 is 0 Å². The Morgan fingerprint density at radius 2 is 2.16 bits per heavy atom. The number of nitrogens with zero attached hydrogens (tertiary/aromatic N) is 2. The first-order chi connectivity index (χ1) is 9.20. The second-order valence-corrected chi connectivity index (χ2v) is 5.15. The van der Waals surface area contributed by atoms with Gasteiger partial charge in [-0.1, -0.05) is 12.1 Å². The van der Waals surface area contributed by atoms with Gasteiger partial charge in [-0.3, -0.25) is 0 Å². The van der Waals surface area contributed by atoms with Gasteiger partial charge in [0.15, 0.2) is 0 Å². The van der Waals surface area contributed by atoms with Gasteiger partial charge in [-0.15, -0.1) is 0 Å². The summed E-state index contributed by atoms with van der Waals surface area (Å²) in [6.07, 6.45) is 4.26. The monoisotopic (exact) mass is 259 g/mol. The van der Waals surface area contributed by atoms with Gasteiger partial charge < -0.3 is 5.32 Å². The lowest BCUT2D eigenvalue weighted by atomic mass is 10.1. The van der Waals surface area contributed by atoms with Crippen molar-refractivity contribution in [2.24, 2.45) is 0 Å². The molecule has 0 radical (unpaired) electrons. The van der Waals surface area contributed by atoms with E-state index in [0.29, 0.717) is 11.6 Å². The molecule has 0 amide bonds. The summed E-state index contributed by atoms with van der Waals surface area (Å²) in [6.45, 7) is 2.02. The van der Waals surface area contributed by atoms with E-state index in [0.717, 1.165) is 11.3 Å². The van der Waals surface area contributed by atoms with Crippen molar-refractivity contribution in [2.75, 3.05) is 7.05 Å². The van der Waals surface area contributed by atoms with Crippen LogP contribution in [-0.4, -0.2) is 16.8 Å². The zero-order valence-electron chi connectivity index (χ0n) is 11.2. The molecule has 1 aliphatic carbocycles. The molecule has 0 saturated heterocycles.